The molecule has 1 atom stereocenters. The number of H-pyrrole nitrogens is 1. The summed E-state index contributed by atoms with van der Waals surface area (Å²) in [6.45, 7) is 1.71. The van der Waals surface area contributed by atoms with Crippen molar-refractivity contribution in [3.05, 3.63) is 32.6 Å². The molecule has 0 aliphatic rings. The van der Waals surface area contributed by atoms with Gasteiger partial charge in [-0.2, -0.15) is 0 Å². The topological polar surface area (TPSA) is 137 Å². The average molecular weight is 334 g/mol. The zero-order valence-corrected chi connectivity index (χ0v) is 14.6. The maximum absolute atomic E-state index is 11.7. The number of ether oxygens (including phenoxy) is 2. The van der Waals surface area contributed by atoms with E-state index >= 15 is 0 Å². The van der Waals surface area contributed by atoms with Gasteiger partial charge in [0.1, 0.15) is 0 Å². The minimum Gasteiger partial charge on any atom is -0.809 e. The van der Waals surface area contributed by atoms with Crippen LogP contribution in [0.3, 0.4) is 0 Å². The molecule has 1 aromatic heterocycles. The Morgan fingerprint density at radius 2 is 1.96 bits per heavy atom. The van der Waals surface area contributed by atoms with Gasteiger partial charge in [-0.05, 0) is 14.0 Å². The largest absolute Gasteiger partial charge is 1.00 e. The molecular formula is C11H17Li2N2O7P. The van der Waals surface area contributed by atoms with E-state index in [1.807, 2.05) is 0 Å². The zero-order chi connectivity index (χ0) is 16.0. The number of aromatic nitrogens is 2. The van der Waals surface area contributed by atoms with E-state index in [-0.39, 0.29) is 50.9 Å². The Hall–Kier alpha value is -0.0552. The van der Waals surface area contributed by atoms with Crippen molar-refractivity contribution in [3.8, 4) is 0 Å². The maximum atomic E-state index is 11.7. The first kappa shape index (κ1) is 25.2. The molecule has 0 saturated heterocycles. The molecule has 1 aromatic rings. The molecule has 1 heterocycles. The van der Waals surface area contributed by atoms with Crippen LogP contribution in [0.2, 0.25) is 0 Å². The van der Waals surface area contributed by atoms with E-state index in [9.17, 15) is 23.9 Å². The van der Waals surface area contributed by atoms with Gasteiger partial charge in [-0.1, -0.05) is 6.92 Å². The monoisotopic (exact) mass is 334 g/mol. The van der Waals surface area contributed by atoms with Gasteiger partial charge in [0.25, 0.3) is 5.56 Å². The third-order valence-electron chi connectivity index (χ3n) is 2.69. The van der Waals surface area contributed by atoms with E-state index < -0.39 is 31.3 Å². The summed E-state index contributed by atoms with van der Waals surface area (Å²) >= 11 is 0. The minimum atomic E-state index is -4.81. The predicted molar refractivity (Wildman–Crippen MR) is 69.9 cm³/mol. The first-order valence-corrected chi connectivity index (χ1v) is 7.94. The molecule has 0 amide bonds. The summed E-state index contributed by atoms with van der Waals surface area (Å²) in [5, 5.41) is 0. The molecule has 0 spiro atoms. The second kappa shape index (κ2) is 11.5. The zero-order valence-electron chi connectivity index (χ0n) is 13.7. The third-order valence-corrected chi connectivity index (χ3v) is 3.15. The van der Waals surface area contributed by atoms with E-state index in [0.29, 0.717) is 12.0 Å². The van der Waals surface area contributed by atoms with Crippen molar-refractivity contribution < 1.29 is 61.5 Å². The van der Waals surface area contributed by atoms with Crippen LogP contribution in [-0.2, 0) is 27.0 Å². The number of methoxy groups -OCH3 is 1. The standard InChI is InChI=1S/C11H19N2O7P.2Li/c1-3-8-4-13(11(15)12-10(8)14)5-9(6-19-2)20-7-21(16,17)18;;/h4,9H,3,5-7H2,1-2H3,(H,12,14,15)(H2,16,17,18);;/q;2*+1/p-2/t9-;;/m0../s1. The number of rotatable bonds is 8. The Morgan fingerprint density at radius 1 is 1.35 bits per heavy atom. The smallest absolute Gasteiger partial charge is 0.809 e. The normalized spacial score (nSPS) is 12.2. The second-order valence-electron chi connectivity index (χ2n) is 4.40. The molecule has 1 rings (SSSR count). The van der Waals surface area contributed by atoms with Gasteiger partial charge in [0.05, 0.1) is 25.6 Å². The Morgan fingerprint density at radius 3 is 2.43 bits per heavy atom. The second-order valence-corrected chi connectivity index (χ2v) is 5.88. The van der Waals surface area contributed by atoms with Gasteiger partial charge < -0.3 is 23.8 Å². The van der Waals surface area contributed by atoms with Gasteiger partial charge in [0.2, 0.25) is 0 Å². The van der Waals surface area contributed by atoms with Crippen molar-refractivity contribution in [2.75, 3.05) is 20.1 Å². The van der Waals surface area contributed by atoms with Crippen LogP contribution in [-0.4, -0.2) is 35.7 Å². The molecule has 9 nitrogen and oxygen atoms in total. The number of aromatic amines is 1. The minimum absolute atomic E-state index is 0. The molecule has 0 bridgehead atoms. The van der Waals surface area contributed by atoms with E-state index in [1.54, 1.807) is 6.92 Å². The Bertz CT molecular complexity index is 628. The Kier molecular flexibility index (Phi) is 12.6. The number of nitrogens with zero attached hydrogens (tertiary/aromatic N) is 1. The van der Waals surface area contributed by atoms with Crippen LogP contribution in [0.5, 0.6) is 0 Å². The molecule has 23 heavy (non-hydrogen) atoms. The molecule has 0 radical (unpaired) electrons. The SMILES string of the molecule is CCc1cn(C[C@@H](COC)OCP(=O)([O-])[O-])c(=O)[nH]c1=O.[Li+].[Li+]. The summed E-state index contributed by atoms with van der Waals surface area (Å²) in [6.07, 6.45) is 0.0161. The van der Waals surface area contributed by atoms with Crippen LogP contribution in [0, 0.1) is 0 Å². The van der Waals surface area contributed by atoms with E-state index in [0.717, 1.165) is 0 Å². The fourth-order valence-electron chi connectivity index (χ4n) is 1.70. The summed E-state index contributed by atoms with van der Waals surface area (Å²) in [7, 11) is -3.43. The van der Waals surface area contributed by atoms with Gasteiger partial charge in [-0.3, -0.25) is 14.3 Å². The van der Waals surface area contributed by atoms with Crippen molar-refractivity contribution in [2.24, 2.45) is 0 Å². The van der Waals surface area contributed by atoms with E-state index in [1.165, 1.54) is 17.9 Å². The number of hydrogen-bond acceptors (Lipinski definition) is 7. The first-order chi connectivity index (χ1) is 9.76. The van der Waals surface area contributed by atoms with Crippen LogP contribution in [0.15, 0.2) is 15.8 Å². The number of hydrogen-bond donors (Lipinski definition) is 1. The number of aryl methyl sites for hydroxylation is 1. The summed E-state index contributed by atoms with van der Waals surface area (Å²) in [5.74, 6) is 0. The van der Waals surface area contributed by atoms with Crippen molar-refractivity contribution >= 4 is 7.60 Å². The van der Waals surface area contributed by atoms with E-state index in [2.05, 4.69) is 4.98 Å². The Balaban J connectivity index is 0. The summed E-state index contributed by atoms with van der Waals surface area (Å²) < 4.78 is 21.6. The van der Waals surface area contributed by atoms with Crippen molar-refractivity contribution in [1.29, 1.82) is 0 Å². The Labute approximate surface area is 157 Å². The molecule has 0 saturated carbocycles. The summed E-state index contributed by atoms with van der Waals surface area (Å²) in [5.41, 5.74) is -0.704. The molecule has 0 aliphatic carbocycles. The van der Waals surface area contributed by atoms with Crippen LogP contribution in [0.4, 0.5) is 0 Å². The van der Waals surface area contributed by atoms with Crippen LogP contribution >= 0.6 is 7.60 Å². The molecule has 0 aromatic carbocycles. The molecule has 0 unspecified atom stereocenters. The summed E-state index contributed by atoms with van der Waals surface area (Å²) in [4.78, 5) is 46.5. The number of nitrogens with one attached hydrogen (secondary N) is 1. The van der Waals surface area contributed by atoms with Crippen LogP contribution in [0.25, 0.3) is 0 Å². The van der Waals surface area contributed by atoms with E-state index in [4.69, 9.17) is 9.47 Å². The molecule has 0 fully saturated rings. The van der Waals surface area contributed by atoms with Crippen LogP contribution in [0.1, 0.15) is 12.5 Å². The predicted octanol–water partition coefficient (Wildman–Crippen LogP) is -7.99. The molecule has 0 aliphatic heterocycles. The van der Waals surface area contributed by atoms with Crippen molar-refractivity contribution in [3.63, 3.8) is 0 Å². The first-order valence-electron chi connectivity index (χ1n) is 6.21. The van der Waals surface area contributed by atoms with Gasteiger partial charge in [-0.25, -0.2) is 4.79 Å². The quantitative estimate of drug-likeness (QED) is 0.368. The van der Waals surface area contributed by atoms with Gasteiger partial charge >= 0.3 is 43.4 Å². The summed E-state index contributed by atoms with van der Waals surface area (Å²) in [6, 6.07) is 0. The fraction of sp³-hybridized carbons (Fsp3) is 0.636. The maximum Gasteiger partial charge on any atom is 1.00 e. The van der Waals surface area contributed by atoms with Crippen LogP contribution < -0.4 is 58.8 Å². The van der Waals surface area contributed by atoms with Crippen molar-refractivity contribution in [1.82, 2.24) is 9.55 Å². The van der Waals surface area contributed by atoms with Gasteiger partial charge in [-0.15, -0.1) is 0 Å². The van der Waals surface area contributed by atoms with Gasteiger partial charge in [0.15, 0.2) is 0 Å². The molecule has 120 valence electrons. The third kappa shape index (κ3) is 9.12. The molecule has 12 heteroatoms. The average Bonchev–Trinajstić information content (AvgIpc) is 2.38. The van der Waals surface area contributed by atoms with Crippen molar-refractivity contribution in [2.45, 2.75) is 26.0 Å². The van der Waals surface area contributed by atoms with Gasteiger partial charge in [0, 0.05) is 18.9 Å². The molecule has 1 N–H and O–H groups in total. The fourth-order valence-corrected chi connectivity index (χ4v) is 2.09. The molecular weight excluding hydrogens is 317 g/mol.